The van der Waals surface area contributed by atoms with E-state index in [0.717, 1.165) is 58.8 Å². The molecule has 3 aliphatic rings. The Morgan fingerprint density at radius 2 is 2.00 bits per heavy atom. The molecular formula is C20H30N6. The van der Waals surface area contributed by atoms with Crippen molar-refractivity contribution in [1.29, 1.82) is 0 Å². The summed E-state index contributed by atoms with van der Waals surface area (Å²) in [4.78, 5) is 4.41. The zero-order chi connectivity index (χ0) is 17.7. The van der Waals surface area contributed by atoms with E-state index in [9.17, 15) is 0 Å². The van der Waals surface area contributed by atoms with E-state index in [1.807, 2.05) is 18.5 Å². The van der Waals surface area contributed by atoms with Gasteiger partial charge in [-0.05, 0) is 43.1 Å². The minimum atomic E-state index is -0.184. The highest BCUT2D eigenvalue weighted by Crippen LogP contribution is 2.35. The standard InChI is InChI=1S/C20H30N6/c1-4-18(16-23-7-1)20(6-9-22-10-11-24-20)19-5-2-13-26(17-19)25-14-3-8-21-12-15-25/h1-2,4-5,7,16-17,21-22,24H,3,6,8-15H2. The molecule has 0 amide bonds. The predicted molar refractivity (Wildman–Crippen MR) is 104 cm³/mol. The predicted octanol–water partition coefficient (Wildman–Crippen LogP) is 0.826. The molecular weight excluding hydrogens is 324 g/mol. The van der Waals surface area contributed by atoms with Gasteiger partial charge >= 0.3 is 0 Å². The highest BCUT2D eigenvalue weighted by Gasteiger charge is 2.37. The number of hydrogen-bond acceptors (Lipinski definition) is 6. The van der Waals surface area contributed by atoms with Gasteiger partial charge in [-0.25, -0.2) is 5.01 Å². The quantitative estimate of drug-likeness (QED) is 0.748. The van der Waals surface area contributed by atoms with Crippen molar-refractivity contribution in [2.24, 2.45) is 0 Å². The highest BCUT2D eigenvalue weighted by molar-refractivity contribution is 5.41. The van der Waals surface area contributed by atoms with Crippen LogP contribution in [0.2, 0.25) is 0 Å². The number of hydrogen-bond donors (Lipinski definition) is 3. The maximum absolute atomic E-state index is 4.41. The Bertz CT molecular complexity index is 625. The summed E-state index contributed by atoms with van der Waals surface area (Å²) in [6.07, 6.45) is 13.0. The van der Waals surface area contributed by atoms with Gasteiger partial charge in [0.2, 0.25) is 0 Å². The molecule has 1 atom stereocenters. The van der Waals surface area contributed by atoms with Crippen molar-refractivity contribution in [2.75, 3.05) is 52.4 Å². The summed E-state index contributed by atoms with van der Waals surface area (Å²) < 4.78 is 0. The molecule has 2 fully saturated rings. The molecule has 1 unspecified atom stereocenters. The maximum atomic E-state index is 4.41. The molecule has 3 N–H and O–H groups in total. The lowest BCUT2D eigenvalue weighted by Crippen LogP contribution is -2.48. The van der Waals surface area contributed by atoms with Gasteiger partial charge in [0.1, 0.15) is 0 Å². The minimum absolute atomic E-state index is 0.184. The molecule has 0 aliphatic carbocycles. The molecule has 1 aromatic rings. The van der Waals surface area contributed by atoms with Crippen molar-refractivity contribution < 1.29 is 0 Å². The van der Waals surface area contributed by atoms with Crippen LogP contribution in [0.25, 0.3) is 0 Å². The van der Waals surface area contributed by atoms with Crippen LogP contribution in [0.15, 0.2) is 48.5 Å². The van der Waals surface area contributed by atoms with Crippen molar-refractivity contribution in [3.8, 4) is 0 Å². The first kappa shape index (κ1) is 17.7. The molecule has 0 spiro atoms. The number of nitrogens with one attached hydrogen (secondary N) is 3. The molecule has 0 saturated carbocycles. The average molecular weight is 355 g/mol. The van der Waals surface area contributed by atoms with Gasteiger partial charge in [0.15, 0.2) is 0 Å². The van der Waals surface area contributed by atoms with Gasteiger partial charge in [-0.1, -0.05) is 18.2 Å². The van der Waals surface area contributed by atoms with Crippen LogP contribution in [0.4, 0.5) is 0 Å². The van der Waals surface area contributed by atoms with Gasteiger partial charge in [-0.15, -0.1) is 0 Å². The molecule has 140 valence electrons. The molecule has 2 saturated heterocycles. The van der Waals surface area contributed by atoms with Crippen molar-refractivity contribution in [3.05, 3.63) is 54.0 Å². The summed E-state index contributed by atoms with van der Waals surface area (Å²) in [5.41, 5.74) is 2.40. The van der Waals surface area contributed by atoms with Crippen LogP contribution in [0.5, 0.6) is 0 Å². The molecule has 3 aliphatic heterocycles. The summed E-state index contributed by atoms with van der Waals surface area (Å²) in [5, 5.41) is 15.7. The Labute approximate surface area is 156 Å². The van der Waals surface area contributed by atoms with Gasteiger partial charge in [0, 0.05) is 51.3 Å². The molecule has 4 heterocycles. The lowest BCUT2D eigenvalue weighted by atomic mass is 9.80. The van der Waals surface area contributed by atoms with Crippen molar-refractivity contribution in [2.45, 2.75) is 18.4 Å². The fourth-order valence-electron chi connectivity index (χ4n) is 4.21. The summed E-state index contributed by atoms with van der Waals surface area (Å²) >= 11 is 0. The normalized spacial score (nSPS) is 28.3. The average Bonchev–Trinajstić information content (AvgIpc) is 3.13. The van der Waals surface area contributed by atoms with E-state index in [1.54, 1.807) is 0 Å². The highest BCUT2D eigenvalue weighted by atomic mass is 15.6. The second kappa shape index (κ2) is 8.31. The number of nitrogens with zero attached hydrogens (tertiary/aromatic N) is 3. The zero-order valence-corrected chi connectivity index (χ0v) is 15.5. The molecule has 1 aromatic heterocycles. The lowest BCUT2D eigenvalue weighted by Gasteiger charge is -2.40. The lowest BCUT2D eigenvalue weighted by molar-refractivity contribution is 0.0363. The first-order valence-electron chi connectivity index (χ1n) is 9.86. The molecule has 6 heteroatoms. The second-order valence-corrected chi connectivity index (χ2v) is 7.24. The van der Waals surface area contributed by atoms with E-state index in [1.165, 1.54) is 17.6 Å². The Kier molecular flexibility index (Phi) is 5.65. The summed E-state index contributed by atoms with van der Waals surface area (Å²) in [5.74, 6) is 0. The van der Waals surface area contributed by atoms with Crippen LogP contribution in [-0.2, 0) is 5.54 Å². The fourth-order valence-corrected chi connectivity index (χ4v) is 4.21. The van der Waals surface area contributed by atoms with Gasteiger partial charge < -0.3 is 21.0 Å². The third-order valence-corrected chi connectivity index (χ3v) is 5.61. The van der Waals surface area contributed by atoms with E-state index in [2.05, 4.69) is 55.4 Å². The molecule has 0 bridgehead atoms. The molecule has 6 nitrogen and oxygen atoms in total. The Morgan fingerprint density at radius 3 is 2.92 bits per heavy atom. The van der Waals surface area contributed by atoms with E-state index in [0.29, 0.717) is 0 Å². The first-order valence-corrected chi connectivity index (χ1v) is 9.86. The Hall–Kier alpha value is -1.73. The van der Waals surface area contributed by atoms with Gasteiger partial charge in [-0.2, -0.15) is 0 Å². The van der Waals surface area contributed by atoms with Gasteiger partial charge in [-0.3, -0.25) is 4.98 Å². The minimum Gasteiger partial charge on any atom is -0.315 e. The van der Waals surface area contributed by atoms with Crippen LogP contribution in [0.1, 0.15) is 18.4 Å². The Morgan fingerprint density at radius 1 is 1.04 bits per heavy atom. The van der Waals surface area contributed by atoms with Crippen LogP contribution in [-0.4, -0.2) is 67.4 Å². The maximum Gasteiger partial charge on any atom is 0.0732 e. The molecule has 0 aromatic carbocycles. The SMILES string of the molecule is C1=CC(C2(c3cccnc3)CCNCCN2)=CN(N2CCCNCC2)C1. The largest absolute Gasteiger partial charge is 0.315 e. The van der Waals surface area contributed by atoms with Crippen LogP contribution >= 0.6 is 0 Å². The molecule has 26 heavy (non-hydrogen) atoms. The van der Waals surface area contributed by atoms with E-state index in [4.69, 9.17) is 0 Å². The van der Waals surface area contributed by atoms with Gasteiger partial charge in [0.05, 0.1) is 12.1 Å². The van der Waals surface area contributed by atoms with Crippen LogP contribution in [0.3, 0.4) is 0 Å². The summed E-state index contributed by atoms with van der Waals surface area (Å²) in [6.45, 7) is 8.24. The third-order valence-electron chi connectivity index (χ3n) is 5.61. The van der Waals surface area contributed by atoms with Crippen molar-refractivity contribution >= 4 is 0 Å². The summed E-state index contributed by atoms with van der Waals surface area (Å²) in [6, 6.07) is 4.25. The topological polar surface area (TPSA) is 55.5 Å². The monoisotopic (exact) mass is 354 g/mol. The van der Waals surface area contributed by atoms with E-state index in [-0.39, 0.29) is 5.54 Å². The molecule has 4 rings (SSSR count). The van der Waals surface area contributed by atoms with Crippen LogP contribution in [0, 0.1) is 0 Å². The first-order chi connectivity index (χ1) is 12.9. The number of pyridine rings is 1. The smallest absolute Gasteiger partial charge is 0.0732 e. The third kappa shape index (κ3) is 3.69. The van der Waals surface area contributed by atoms with Crippen molar-refractivity contribution in [3.63, 3.8) is 0 Å². The fraction of sp³-hybridized carbons (Fsp3) is 0.550. The van der Waals surface area contributed by atoms with E-state index >= 15 is 0 Å². The second-order valence-electron chi connectivity index (χ2n) is 7.24. The summed E-state index contributed by atoms with van der Waals surface area (Å²) in [7, 11) is 0. The van der Waals surface area contributed by atoms with Crippen molar-refractivity contribution in [1.82, 2.24) is 31.0 Å². The zero-order valence-electron chi connectivity index (χ0n) is 15.5. The van der Waals surface area contributed by atoms with E-state index < -0.39 is 0 Å². The molecule has 0 radical (unpaired) electrons. The Balaban J connectivity index is 1.66. The number of aromatic nitrogens is 1. The number of rotatable bonds is 3. The van der Waals surface area contributed by atoms with Gasteiger partial charge in [0.25, 0.3) is 0 Å². The van der Waals surface area contributed by atoms with Crippen LogP contribution < -0.4 is 16.0 Å². The number of hydrazine groups is 1.